The highest BCUT2D eigenvalue weighted by atomic mass is 16.5. The molecule has 0 bridgehead atoms. The minimum atomic E-state index is -0.576. The molecule has 0 fully saturated rings. The summed E-state index contributed by atoms with van der Waals surface area (Å²) in [5.41, 5.74) is 1.86. The molecule has 0 aliphatic rings. The van der Waals surface area contributed by atoms with Crippen LogP contribution in [0.2, 0.25) is 0 Å². The predicted molar refractivity (Wildman–Crippen MR) is 76.0 cm³/mol. The molecule has 0 saturated carbocycles. The SMILES string of the molecule is COc1ccc([C@H](C)O)c(OCCc2ccnn2C)c1. The number of benzene rings is 1. The molecule has 1 aromatic heterocycles. The Bertz CT molecular complexity index is 564. The Morgan fingerprint density at radius 1 is 1.35 bits per heavy atom. The van der Waals surface area contributed by atoms with Gasteiger partial charge in [-0.2, -0.15) is 5.10 Å². The van der Waals surface area contributed by atoms with Crippen LogP contribution in [0.5, 0.6) is 11.5 Å². The van der Waals surface area contributed by atoms with Crippen LogP contribution in [-0.2, 0) is 13.5 Å². The number of aromatic nitrogens is 2. The summed E-state index contributed by atoms with van der Waals surface area (Å²) >= 11 is 0. The molecule has 2 aromatic rings. The van der Waals surface area contributed by atoms with E-state index in [1.807, 2.05) is 29.9 Å². The first-order valence-electron chi connectivity index (χ1n) is 6.57. The number of ether oxygens (including phenoxy) is 2. The maximum atomic E-state index is 9.76. The quantitative estimate of drug-likeness (QED) is 0.878. The second kappa shape index (κ2) is 6.43. The second-order valence-electron chi connectivity index (χ2n) is 4.62. The van der Waals surface area contributed by atoms with Crippen molar-refractivity contribution < 1.29 is 14.6 Å². The summed E-state index contributed by atoms with van der Waals surface area (Å²) in [7, 11) is 3.51. The van der Waals surface area contributed by atoms with Gasteiger partial charge in [-0.1, -0.05) is 0 Å². The average Bonchev–Trinajstić information content (AvgIpc) is 2.84. The highest BCUT2D eigenvalue weighted by molar-refractivity contribution is 5.41. The van der Waals surface area contributed by atoms with Gasteiger partial charge in [0, 0.05) is 37.0 Å². The molecule has 1 atom stereocenters. The van der Waals surface area contributed by atoms with Crippen LogP contribution in [0, 0.1) is 0 Å². The van der Waals surface area contributed by atoms with Crippen molar-refractivity contribution in [1.82, 2.24) is 9.78 Å². The van der Waals surface area contributed by atoms with E-state index in [1.165, 1.54) is 0 Å². The molecule has 0 amide bonds. The molecule has 1 N–H and O–H groups in total. The lowest BCUT2D eigenvalue weighted by Crippen LogP contribution is -2.08. The van der Waals surface area contributed by atoms with Gasteiger partial charge >= 0.3 is 0 Å². The van der Waals surface area contributed by atoms with E-state index in [0.29, 0.717) is 18.1 Å². The largest absolute Gasteiger partial charge is 0.497 e. The van der Waals surface area contributed by atoms with Crippen LogP contribution in [0.25, 0.3) is 0 Å². The van der Waals surface area contributed by atoms with E-state index in [0.717, 1.165) is 17.7 Å². The molecule has 1 aromatic carbocycles. The standard InChI is InChI=1S/C15H20N2O3/c1-11(18)14-5-4-13(19-3)10-15(14)20-9-7-12-6-8-16-17(12)2/h4-6,8,10-11,18H,7,9H2,1-3H3/t11-/m0/s1. The van der Waals surface area contributed by atoms with E-state index >= 15 is 0 Å². The first-order valence-corrected chi connectivity index (χ1v) is 6.57. The Balaban J connectivity index is 2.05. The number of rotatable bonds is 6. The average molecular weight is 276 g/mol. The number of aliphatic hydroxyl groups is 1. The number of nitrogens with zero attached hydrogens (tertiary/aromatic N) is 2. The molecule has 0 spiro atoms. The normalized spacial score (nSPS) is 12.2. The Morgan fingerprint density at radius 2 is 2.15 bits per heavy atom. The number of methoxy groups -OCH3 is 1. The molecule has 108 valence electrons. The van der Waals surface area contributed by atoms with Crippen LogP contribution in [-0.4, -0.2) is 28.6 Å². The monoisotopic (exact) mass is 276 g/mol. The minimum absolute atomic E-state index is 0.520. The highest BCUT2D eigenvalue weighted by Gasteiger charge is 2.11. The third-order valence-corrected chi connectivity index (χ3v) is 3.21. The summed E-state index contributed by atoms with van der Waals surface area (Å²) in [5, 5.41) is 13.9. The van der Waals surface area contributed by atoms with Crippen molar-refractivity contribution >= 4 is 0 Å². The molecule has 1 heterocycles. The van der Waals surface area contributed by atoms with Gasteiger partial charge in [0.25, 0.3) is 0 Å². The Hall–Kier alpha value is -2.01. The lowest BCUT2D eigenvalue weighted by Gasteiger charge is -2.14. The topological polar surface area (TPSA) is 56.5 Å². The van der Waals surface area contributed by atoms with Crippen molar-refractivity contribution in [3.63, 3.8) is 0 Å². The fraction of sp³-hybridized carbons (Fsp3) is 0.400. The summed E-state index contributed by atoms with van der Waals surface area (Å²) in [6, 6.07) is 7.40. The van der Waals surface area contributed by atoms with E-state index in [-0.39, 0.29) is 0 Å². The van der Waals surface area contributed by atoms with Crippen molar-refractivity contribution in [3.8, 4) is 11.5 Å². The zero-order valence-corrected chi connectivity index (χ0v) is 12.0. The molecule has 0 radical (unpaired) electrons. The van der Waals surface area contributed by atoms with Crippen LogP contribution in [0.1, 0.15) is 24.3 Å². The Morgan fingerprint density at radius 3 is 2.75 bits per heavy atom. The molecular weight excluding hydrogens is 256 g/mol. The molecule has 2 rings (SSSR count). The zero-order valence-electron chi connectivity index (χ0n) is 12.0. The van der Waals surface area contributed by atoms with Crippen LogP contribution in [0.4, 0.5) is 0 Å². The van der Waals surface area contributed by atoms with Crippen LogP contribution in [0.15, 0.2) is 30.5 Å². The lowest BCUT2D eigenvalue weighted by atomic mass is 10.1. The zero-order chi connectivity index (χ0) is 14.5. The van der Waals surface area contributed by atoms with Crippen molar-refractivity contribution in [2.24, 2.45) is 7.05 Å². The Kier molecular flexibility index (Phi) is 4.63. The third kappa shape index (κ3) is 3.30. The maximum absolute atomic E-state index is 9.76. The number of hydrogen-bond donors (Lipinski definition) is 1. The van der Waals surface area contributed by atoms with E-state index in [2.05, 4.69) is 5.10 Å². The Labute approximate surface area is 118 Å². The first-order chi connectivity index (χ1) is 9.61. The maximum Gasteiger partial charge on any atom is 0.128 e. The van der Waals surface area contributed by atoms with Crippen molar-refractivity contribution in [2.75, 3.05) is 13.7 Å². The molecule has 0 aliphatic heterocycles. The van der Waals surface area contributed by atoms with Crippen LogP contribution < -0.4 is 9.47 Å². The second-order valence-corrected chi connectivity index (χ2v) is 4.62. The van der Waals surface area contributed by atoms with Gasteiger partial charge in [0.1, 0.15) is 11.5 Å². The van der Waals surface area contributed by atoms with Gasteiger partial charge in [0.05, 0.1) is 19.8 Å². The van der Waals surface area contributed by atoms with E-state index in [4.69, 9.17) is 9.47 Å². The molecule has 20 heavy (non-hydrogen) atoms. The van der Waals surface area contributed by atoms with E-state index < -0.39 is 6.10 Å². The number of aryl methyl sites for hydroxylation is 1. The van der Waals surface area contributed by atoms with Crippen LogP contribution >= 0.6 is 0 Å². The summed E-state index contributed by atoms with van der Waals surface area (Å²) in [6.07, 6.45) is 1.95. The van der Waals surface area contributed by atoms with E-state index in [1.54, 1.807) is 26.3 Å². The molecular formula is C15H20N2O3. The number of aliphatic hydroxyl groups excluding tert-OH is 1. The van der Waals surface area contributed by atoms with Gasteiger partial charge in [0.15, 0.2) is 0 Å². The number of hydrogen-bond acceptors (Lipinski definition) is 4. The highest BCUT2D eigenvalue weighted by Crippen LogP contribution is 2.29. The summed E-state index contributed by atoms with van der Waals surface area (Å²) < 4.78 is 12.8. The smallest absolute Gasteiger partial charge is 0.128 e. The van der Waals surface area contributed by atoms with Gasteiger partial charge in [-0.15, -0.1) is 0 Å². The molecule has 5 heteroatoms. The predicted octanol–water partition coefficient (Wildman–Crippen LogP) is 2.10. The summed E-state index contributed by atoms with van der Waals surface area (Å²) in [5.74, 6) is 1.37. The molecule has 5 nitrogen and oxygen atoms in total. The van der Waals surface area contributed by atoms with Crippen molar-refractivity contribution in [1.29, 1.82) is 0 Å². The lowest BCUT2D eigenvalue weighted by molar-refractivity contribution is 0.191. The van der Waals surface area contributed by atoms with Gasteiger partial charge in [-0.25, -0.2) is 0 Å². The van der Waals surface area contributed by atoms with Crippen molar-refractivity contribution in [2.45, 2.75) is 19.4 Å². The fourth-order valence-corrected chi connectivity index (χ4v) is 2.02. The van der Waals surface area contributed by atoms with Crippen LogP contribution in [0.3, 0.4) is 0 Å². The third-order valence-electron chi connectivity index (χ3n) is 3.21. The minimum Gasteiger partial charge on any atom is -0.497 e. The fourth-order valence-electron chi connectivity index (χ4n) is 2.02. The van der Waals surface area contributed by atoms with Crippen molar-refractivity contribution in [3.05, 3.63) is 41.7 Å². The van der Waals surface area contributed by atoms with Gasteiger partial charge < -0.3 is 14.6 Å². The molecule has 0 unspecified atom stereocenters. The van der Waals surface area contributed by atoms with Gasteiger partial charge in [-0.05, 0) is 25.1 Å². The summed E-state index contributed by atoms with van der Waals surface area (Å²) in [4.78, 5) is 0. The first kappa shape index (κ1) is 14.4. The van der Waals surface area contributed by atoms with E-state index in [9.17, 15) is 5.11 Å². The molecule has 0 aliphatic carbocycles. The summed E-state index contributed by atoms with van der Waals surface area (Å²) in [6.45, 7) is 2.24. The van der Waals surface area contributed by atoms with Gasteiger partial charge in [-0.3, -0.25) is 4.68 Å². The van der Waals surface area contributed by atoms with Gasteiger partial charge in [0.2, 0.25) is 0 Å². The molecule has 0 saturated heterocycles.